The summed E-state index contributed by atoms with van der Waals surface area (Å²) >= 11 is 0. The van der Waals surface area contributed by atoms with E-state index in [1.165, 1.54) is 49.8 Å². The third-order valence-electron chi connectivity index (χ3n) is 5.17. The van der Waals surface area contributed by atoms with Crippen molar-refractivity contribution in [1.82, 2.24) is 9.97 Å². The molecule has 1 aromatic rings. The first kappa shape index (κ1) is 14.8. The van der Waals surface area contributed by atoms with Gasteiger partial charge in [0.05, 0.1) is 0 Å². The maximum atomic E-state index is 5.77. The van der Waals surface area contributed by atoms with Crippen LogP contribution in [0.5, 0.6) is 0 Å². The molecule has 1 fully saturated rings. The number of fused-ring (bicyclic) bond motifs is 1. The Morgan fingerprint density at radius 2 is 2.05 bits per heavy atom. The van der Waals surface area contributed by atoms with Crippen LogP contribution in [-0.4, -0.2) is 29.6 Å². The van der Waals surface area contributed by atoms with E-state index in [9.17, 15) is 0 Å². The molecule has 0 bridgehead atoms. The molecule has 2 heterocycles. The number of anilines is 1. The third-order valence-corrected chi connectivity index (χ3v) is 5.17. The van der Waals surface area contributed by atoms with Gasteiger partial charge in [-0.25, -0.2) is 9.97 Å². The summed E-state index contributed by atoms with van der Waals surface area (Å²) in [6, 6.07) is 0. The molecule has 1 aliphatic carbocycles. The van der Waals surface area contributed by atoms with Crippen LogP contribution in [0.4, 0.5) is 5.95 Å². The number of hydrogen-bond donors (Lipinski definition) is 1. The Hall–Kier alpha value is -1.16. The number of nitrogens with two attached hydrogens (primary N) is 1. The fourth-order valence-electron chi connectivity index (χ4n) is 3.75. The molecule has 4 nitrogen and oxygen atoms in total. The van der Waals surface area contributed by atoms with Crippen molar-refractivity contribution in [2.45, 2.75) is 51.9 Å². The molecule has 0 amide bonds. The minimum absolute atomic E-state index is 0.689. The molecule has 116 valence electrons. The topological polar surface area (TPSA) is 55.0 Å². The first-order valence-corrected chi connectivity index (χ1v) is 8.60. The maximum absolute atomic E-state index is 5.77. The van der Waals surface area contributed by atoms with Gasteiger partial charge in [0.2, 0.25) is 5.95 Å². The van der Waals surface area contributed by atoms with Crippen molar-refractivity contribution in [1.29, 1.82) is 0 Å². The number of aryl methyl sites for hydroxylation is 1. The van der Waals surface area contributed by atoms with E-state index in [-0.39, 0.29) is 0 Å². The predicted molar refractivity (Wildman–Crippen MR) is 86.4 cm³/mol. The molecule has 1 aromatic heterocycles. The second-order valence-corrected chi connectivity index (χ2v) is 6.71. The highest BCUT2D eigenvalue weighted by molar-refractivity contribution is 5.35. The van der Waals surface area contributed by atoms with Crippen LogP contribution in [0.15, 0.2) is 6.20 Å². The summed E-state index contributed by atoms with van der Waals surface area (Å²) in [5, 5.41) is 0. The summed E-state index contributed by atoms with van der Waals surface area (Å²) < 4.78 is 0. The second-order valence-electron chi connectivity index (χ2n) is 6.71. The lowest BCUT2D eigenvalue weighted by Gasteiger charge is -2.32. The van der Waals surface area contributed by atoms with Crippen LogP contribution >= 0.6 is 0 Å². The van der Waals surface area contributed by atoms with Crippen molar-refractivity contribution < 1.29 is 0 Å². The zero-order valence-electron chi connectivity index (χ0n) is 13.2. The summed E-state index contributed by atoms with van der Waals surface area (Å²) in [6.07, 6.45) is 10.7. The van der Waals surface area contributed by atoms with E-state index in [0.29, 0.717) is 5.92 Å². The van der Waals surface area contributed by atoms with Crippen LogP contribution in [-0.2, 0) is 12.8 Å². The van der Waals surface area contributed by atoms with E-state index in [1.807, 2.05) is 0 Å². The highest BCUT2D eigenvalue weighted by Crippen LogP contribution is 2.28. The van der Waals surface area contributed by atoms with Crippen LogP contribution < -0.4 is 10.6 Å². The van der Waals surface area contributed by atoms with E-state index in [1.54, 1.807) is 0 Å². The average Bonchev–Trinajstić information content (AvgIpc) is 2.55. The highest BCUT2D eigenvalue weighted by atomic mass is 15.3. The second kappa shape index (κ2) is 6.73. The van der Waals surface area contributed by atoms with Gasteiger partial charge in [0.1, 0.15) is 0 Å². The SMILES string of the molecule is CCCC1CCc2nc(N3CCC(CN)CC3)ncc2C1. The highest BCUT2D eigenvalue weighted by Gasteiger charge is 2.23. The Morgan fingerprint density at radius 3 is 2.76 bits per heavy atom. The van der Waals surface area contributed by atoms with E-state index in [2.05, 4.69) is 23.0 Å². The van der Waals surface area contributed by atoms with Crippen molar-refractivity contribution in [2.75, 3.05) is 24.5 Å². The minimum atomic E-state index is 0.689. The third kappa shape index (κ3) is 3.37. The van der Waals surface area contributed by atoms with Gasteiger partial charge in [-0.3, -0.25) is 0 Å². The predicted octanol–water partition coefficient (Wildman–Crippen LogP) is 2.56. The molecule has 1 saturated heterocycles. The Balaban J connectivity index is 1.67. The van der Waals surface area contributed by atoms with Crippen LogP contribution in [0.3, 0.4) is 0 Å². The molecule has 4 heteroatoms. The standard InChI is InChI=1S/C17H28N4/c1-2-3-13-4-5-16-15(10-13)12-19-17(20-16)21-8-6-14(11-18)7-9-21/h12-14H,2-11,18H2,1H3. The Bertz CT molecular complexity index is 466. The monoisotopic (exact) mass is 288 g/mol. The van der Waals surface area contributed by atoms with Gasteiger partial charge in [-0.05, 0) is 56.0 Å². The summed E-state index contributed by atoms with van der Waals surface area (Å²) in [4.78, 5) is 11.8. The molecule has 0 spiro atoms. The first-order chi connectivity index (χ1) is 10.3. The van der Waals surface area contributed by atoms with E-state index < -0.39 is 0 Å². The molecule has 0 aromatic carbocycles. The summed E-state index contributed by atoms with van der Waals surface area (Å²) in [7, 11) is 0. The first-order valence-electron chi connectivity index (χ1n) is 8.60. The van der Waals surface area contributed by atoms with Gasteiger partial charge in [-0.15, -0.1) is 0 Å². The molecule has 3 rings (SSSR count). The van der Waals surface area contributed by atoms with Crippen molar-refractivity contribution in [3.63, 3.8) is 0 Å². The molecule has 2 N–H and O–H groups in total. The molecule has 0 saturated carbocycles. The molecule has 1 aliphatic heterocycles. The van der Waals surface area contributed by atoms with Gasteiger partial charge in [0.15, 0.2) is 0 Å². The maximum Gasteiger partial charge on any atom is 0.225 e. The van der Waals surface area contributed by atoms with Crippen molar-refractivity contribution >= 4 is 5.95 Å². The van der Waals surface area contributed by atoms with E-state index >= 15 is 0 Å². The Labute approximate surface area is 128 Å². The summed E-state index contributed by atoms with van der Waals surface area (Å²) in [5.74, 6) is 2.48. The molecule has 2 aliphatic rings. The van der Waals surface area contributed by atoms with E-state index in [0.717, 1.165) is 37.9 Å². The Kier molecular flexibility index (Phi) is 4.73. The van der Waals surface area contributed by atoms with Crippen molar-refractivity contribution in [3.05, 3.63) is 17.5 Å². The van der Waals surface area contributed by atoms with Crippen LogP contribution in [0.2, 0.25) is 0 Å². The zero-order valence-corrected chi connectivity index (χ0v) is 13.2. The largest absolute Gasteiger partial charge is 0.341 e. The van der Waals surface area contributed by atoms with Crippen molar-refractivity contribution in [2.24, 2.45) is 17.6 Å². The quantitative estimate of drug-likeness (QED) is 0.925. The van der Waals surface area contributed by atoms with Crippen molar-refractivity contribution in [3.8, 4) is 0 Å². The zero-order chi connectivity index (χ0) is 14.7. The number of nitrogens with zero attached hydrogens (tertiary/aromatic N) is 3. The van der Waals surface area contributed by atoms with Crippen LogP contribution in [0.1, 0.15) is 50.3 Å². The lowest BCUT2D eigenvalue weighted by molar-refractivity contribution is 0.406. The number of hydrogen-bond acceptors (Lipinski definition) is 4. The van der Waals surface area contributed by atoms with Gasteiger partial charge >= 0.3 is 0 Å². The lowest BCUT2D eigenvalue weighted by Crippen LogP contribution is -2.37. The number of rotatable bonds is 4. The molecule has 0 radical (unpaired) electrons. The Morgan fingerprint density at radius 1 is 1.24 bits per heavy atom. The lowest BCUT2D eigenvalue weighted by atomic mass is 9.85. The van der Waals surface area contributed by atoms with Crippen LogP contribution in [0.25, 0.3) is 0 Å². The fourth-order valence-corrected chi connectivity index (χ4v) is 3.75. The fraction of sp³-hybridized carbons (Fsp3) is 0.765. The number of aromatic nitrogens is 2. The normalized spacial score (nSPS) is 23.1. The van der Waals surface area contributed by atoms with Gasteiger partial charge in [0, 0.05) is 25.0 Å². The molecular formula is C17H28N4. The summed E-state index contributed by atoms with van der Waals surface area (Å²) in [6.45, 7) is 5.20. The smallest absolute Gasteiger partial charge is 0.225 e. The average molecular weight is 288 g/mol. The molecule has 1 unspecified atom stereocenters. The van der Waals surface area contributed by atoms with E-state index in [4.69, 9.17) is 10.7 Å². The summed E-state index contributed by atoms with van der Waals surface area (Å²) in [5.41, 5.74) is 8.45. The van der Waals surface area contributed by atoms with Crippen LogP contribution in [0, 0.1) is 11.8 Å². The molecular weight excluding hydrogens is 260 g/mol. The van der Waals surface area contributed by atoms with Gasteiger partial charge in [-0.1, -0.05) is 19.8 Å². The van der Waals surface area contributed by atoms with Gasteiger partial charge < -0.3 is 10.6 Å². The molecule has 21 heavy (non-hydrogen) atoms. The minimum Gasteiger partial charge on any atom is -0.341 e. The van der Waals surface area contributed by atoms with Gasteiger partial charge in [0.25, 0.3) is 0 Å². The van der Waals surface area contributed by atoms with Gasteiger partial charge in [-0.2, -0.15) is 0 Å². The number of piperidine rings is 1. The molecule has 1 atom stereocenters.